The summed E-state index contributed by atoms with van der Waals surface area (Å²) in [5.41, 5.74) is 2.11. The molecule has 3 aromatic carbocycles. The van der Waals surface area contributed by atoms with Gasteiger partial charge in [0.1, 0.15) is 11.9 Å². The normalized spacial score (nSPS) is 16.1. The number of hydrogen-bond acceptors (Lipinski definition) is 3. The molecule has 0 amide bonds. The molecule has 0 saturated carbocycles. The third-order valence-electron chi connectivity index (χ3n) is 7.39. The summed E-state index contributed by atoms with van der Waals surface area (Å²) in [5.74, 6) is 1.12. The quantitative estimate of drug-likeness (QED) is 0.223. The first-order valence-corrected chi connectivity index (χ1v) is 14.1. The van der Waals surface area contributed by atoms with Crippen LogP contribution in [0.3, 0.4) is 0 Å². The molecule has 0 N–H and O–H groups in total. The van der Waals surface area contributed by atoms with Gasteiger partial charge in [-0.2, -0.15) is 13.2 Å². The van der Waals surface area contributed by atoms with E-state index < -0.39 is 11.7 Å². The van der Waals surface area contributed by atoms with Gasteiger partial charge in [-0.15, -0.1) is 0 Å². The third-order valence-corrected chi connectivity index (χ3v) is 7.83. The first kappa shape index (κ1) is 29.4. The van der Waals surface area contributed by atoms with Gasteiger partial charge in [-0.1, -0.05) is 73.1 Å². The van der Waals surface area contributed by atoms with Crippen LogP contribution in [0.4, 0.5) is 13.2 Å². The minimum absolute atomic E-state index is 0.240. The van der Waals surface area contributed by atoms with Gasteiger partial charge in [-0.05, 0) is 66.5 Å². The summed E-state index contributed by atoms with van der Waals surface area (Å²) < 4.78 is 52.4. The second-order valence-corrected chi connectivity index (χ2v) is 10.7. The Balaban J connectivity index is 1.45. The highest BCUT2D eigenvalue weighted by Gasteiger charge is 2.34. The van der Waals surface area contributed by atoms with E-state index in [4.69, 9.17) is 21.1 Å². The molecule has 1 fully saturated rings. The summed E-state index contributed by atoms with van der Waals surface area (Å²) in [7, 11) is 0. The molecule has 0 radical (unpaired) electrons. The van der Waals surface area contributed by atoms with Crippen LogP contribution in [0, 0.1) is 0 Å². The molecule has 7 heteroatoms. The highest BCUT2D eigenvalue weighted by molar-refractivity contribution is 6.32. The number of benzene rings is 3. The Hall–Kier alpha value is -2.54. The maximum absolute atomic E-state index is 13.5. The van der Waals surface area contributed by atoms with E-state index in [1.807, 2.05) is 36.4 Å². The van der Waals surface area contributed by atoms with Crippen LogP contribution in [0.25, 0.3) is 0 Å². The fourth-order valence-corrected chi connectivity index (χ4v) is 5.39. The average molecular weight is 560 g/mol. The van der Waals surface area contributed by atoms with E-state index in [0.29, 0.717) is 24.3 Å². The SMILES string of the molecule is C[C@@H](CCCC(Cc1cccc(C(F)(F)F)c1Cl)Oc1cccc(CCN2CCOCC2)c1)c1ccccc1. The number of hydrogen-bond donors (Lipinski definition) is 0. The van der Waals surface area contributed by atoms with Crippen LogP contribution >= 0.6 is 11.6 Å². The maximum atomic E-state index is 13.5. The lowest BCUT2D eigenvalue weighted by molar-refractivity contribution is -0.137. The predicted molar refractivity (Wildman–Crippen MR) is 151 cm³/mol. The zero-order valence-corrected chi connectivity index (χ0v) is 23.2. The molecule has 3 nitrogen and oxygen atoms in total. The molecule has 0 spiro atoms. The second-order valence-electron chi connectivity index (χ2n) is 10.3. The first-order valence-electron chi connectivity index (χ1n) is 13.7. The van der Waals surface area contributed by atoms with Gasteiger partial charge in [0.15, 0.2) is 0 Å². The average Bonchev–Trinajstić information content (AvgIpc) is 2.93. The molecule has 1 heterocycles. The Morgan fingerprint density at radius 3 is 2.44 bits per heavy atom. The van der Waals surface area contributed by atoms with Crippen molar-refractivity contribution < 1.29 is 22.6 Å². The molecule has 0 aliphatic carbocycles. The molecule has 0 aromatic heterocycles. The standard InChI is InChI=1S/C32H37ClF3NO2/c1-24(26-10-3-2-4-11-26)8-5-13-29(23-27-12-7-15-30(31(27)33)32(34,35)36)39-28-14-6-9-25(22-28)16-17-37-18-20-38-21-19-37/h2-4,6-7,9-12,14-15,22,24,29H,5,8,13,16-21,23H2,1H3/t24-,29?/m0/s1. The maximum Gasteiger partial charge on any atom is 0.417 e. The van der Waals surface area contributed by atoms with E-state index in [1.165, 1.54) is 17.2 Å². The van der Waals surface area contributed by atoms with E-state index in [-0.39, 0.29) is 11.1 Å². The lowest BCUT2D eigenvalue weighted by atomic mass is 9.93. The molecule has 39 heavy (non-hydrogen) atoms. The van der Waals surface area contributed by atoms with Crippen LogP contribution in [-0.4, -0.2) is 43.9 Å². The predicted octanol–water partition coefficient (Wildman–Crippen LogP) is 8.20. The Morgan fingerprint density at radius 2 is 1.69 bits per heavy atom. The van der Waals surface area contributed by atoms with Crippen LogP contribution in [-0.2, 0) is 23.8 Å². The van der Waals surface area contributed by atoms with Crippen LogP contribution in [0.2, 0.25) is 5.02 Å². The van der Waals surface area contributed by atoms with Gasteiger partial charge >= 0.3 is 6.18 Å². The number of rotatable bonds is 12. The molecule has 210 valence electrons. The molecule has 2 atom stereocenters. The van der Waals surface area contributed by atoms with E-state index in [1.54, 1.807) is 6.07 Å². The van der Waals surface area contributed by atoms with Gasteiger partial charge in [0.25, 0.3) is 0 Å². The van der Waals surface area contributed by atoms with Gasteiger partial charge in [-0.3, -0.25) is 4.90 Å². The summed E-state index contributed by atoms with van der Waals surface area (Å²) >= 11 is 6.26. The second kappa shape index (κ2) is 14.2. The zero-order valence-electron chi connectivity index (χ0n) is 22.4. The lowest BCUT2D eigenvalue weighted by Crippen LogP contribution is -2.37. The van der Waals surface area contributed by atoms with Crippen LogP contribution in [0.5, 0.6) is 5.75 Å². The van der Waals surface area contributed by atoms with Crippen molar-refractivity contribution in [2.75, 3.05) is 32.8 Å². The van der Waals surface area contributed by atoms with Gasteiger partial charge in [0.05, 0.1) is 23.8 Å². The number of nitrogens with zero attached hydrogens (tertiary/aromatic N) is 1. The van der Waals surface area contributed by atoms with Gasteiger partial charge in [0.2, 0.25) is 0 Å². The monoisotopic (exact) mass is 559 g/mol. The molecular formula is C32H37ClF3NO2. The van der Waals surface area contributed by atoms with E-state index in [9.17, 15) is 13.2 Å². The highest BCUT2D eigenvalue weighted by Crippen LogP contribution is 2.37. The Bertz CT molecular complexity index is 1170. The van der Waals surface area contributed by atoms with Crippen LogP contribution in [0.1, 0.15) is 54.4 Å². The van der Waals surface area contributed by atoms with Crippen molar-refractivity contribution >= 4 is 11.6 Å². The first-order chi connectivity index (χ1) is 18.8. The molecule has 3 aromatic rings. The molecule has 0 bridgehead atoms. The van der Waals surface area contributed by atoms with E-state index in [0.717, 1.165) is 63.9 Å². The van der Waals surface area contributed by atoms with E-state index >= 15 is 0 Å². The molecule has 4 rings (SSSR count). The Morgan fingerprint density at radius 1 is 0.949 bits per heavy atom. The smallest absolute Gasteiger partial charge is 0.417 e. The number of morpholine rings is 1. The molecule has 1 unspecified atom stereocenters. The summed E-state index contributed by atoms with van der Waals surface area (Å²) in [6, 6.07) is 22.5. The summed E-state index contributed by atoms with van der Waals surface area (Å²) in [5, 5.41) is -0.240. The molecular weight excluding hydrogens is 523 g/mol. The summed E-state index contributed by atoms with van der Waals surface area (Å²) in [6.07, 6.45) is -1.04. The van der Waals surface area contributed by atoms with Crippen molar-refractivity contribution in [1.29, 1.82) is 0 Å². The number of ether oxygens (including phenoxy) is 2. The van der Waals surface area contributed by atoms with Crippen LogP contribution in [0.15, 0.2) is 72.8 Å². The Labute approximate surface area is 234 Å². The van der Waals surface area contributed by atoms with Crippen molar-refractivity contribution in [2.45, 2.75) is 57.2 Å². The van der Waals surface area contributed by atoms with Gasteiger partial charge in [0, 0.05) is 26.1 Å². The van der Waals surface area contributed by atoms with Crippen LogP contribution < -0.4 is 4.74 Å². The molecule has 1 aliphatic heterocycles. The van der Waals surface area contributed by atoms with Crippen molar-refractivity contribution in [1.82, 2.24) is 4.90 Å². The lowest BCUT2D eigenvalue weighted by Gasteiger charge is -2.26. The highest BCUT2D eigenvalue weighted by atomic mass is 35.5. The molecule has 1 aliphatic rings. The molecule has 1 saturated heterocycles. The zero-order chi connectivity index (χ0) is 27.7. The van der Waals surface area contributed by atoms with Crippen molar-refractivity contribution in [2.24, 2.45) is 0 Å². The number of halogens is 4. The van der Waals surface area contributed by atoms with Crippen molar-refractivity contribution in [3.63, 3.8) is 0 Å². The van der Waals surface area contributed by atoms with Gasteiger partial charge < -0.3 is 9.47 Å². The van der Waals surface area contributed by atoms with Crippen molar-refractivity contribution in [3.05, 3.63) is 100 Å². The minimum Gasteiger partial charge on any atom is -0.490 e. The number of alkyl halides is 3. The van der Waals surface area contributed by atoms with Gasteiger partial charge in [-0.25, -0.2) is 0 Å². The minimum atomic E-state index is -4.50. The largest absolute Gasteiger partial charge is 0.490 e. The fraction of sp³-hybridized carbons (Fsp3) is 0.438. The van der Waals surface area contributed by atoms with E-state index in [2.05, 4.69) is 30.0 Å². The van der Waals surface area contributed by atoms with Crippen molar-refractivity contribution in [3.8, 4) is 5.75 Å². The summed E-state index contributed by atoms with van der Waals surface area (Å²) in [6.45, 7) is 6.58. The summed E-state index contributed by atoms with van der Waals surface area (Å²) in [4.78, 5) is 2.39. The third kappa shape index (κ3) is 8.99. The fourth-order valence-electron chi connectivity index (χ4n) is 5.08. The topological polar surface area (TPSA) is 21.7 Å². The Kier molecular flexibility index (Phi) is 10.7.